The lowest BCUT2D eigenvalue weighted by Gasteiger charge is -2.23. The molecule has 0 saturated heterocycles. The van der Waals surface area contributed by atoms with Gasteiger partial charge in [-0.3, -0.25) is 4.79 Å². The van der Waals surface area contributed by atoms with E-state index in [4.69, 9.17) is 34.8 Å². The van der Waals surface area contributed by atoms with Gasteiger partial charge in [0.15, 0.2) is 0 Å². The second kappa shape index (κ2) is 8.60. The molecule has 1 aromatic carbocycles. The highest BCUT2D eigenvalue weighted by molar-refractivity contribution is 8.00. The van der Waals surface area contributed by atoms with Crippen LogP contribution in [0.4, 0.5) is 0 Å². The fourth-order valence-electron chi connectivity index (χ4n) is 1.63. The molecular weight excluding hydrogens is 375 g/mol. The number of halogens is 3. The largest absolute Gasteiger partial charge is 0.336 e. The maximum absolute atomic E-state index is 12.1. The summed E-state index contributed by atoms with van der Waals surface area (Å²) in [5, 5.41) is 2.56. The van der Waals surface area contributed by atoms with Gasteiger partial charge < -0.3 is 5.32 Å². The van der Waals surface area contributed by atoms with E-state index in [-0.39, 0.29) is 5.91 Å². The number of nitrogens with zero attached hydrogens (tertiary/aromatic N) is 1. The Kier molecular flexibility index (Phi) is 6.78. The van der Waals surface area contributed by atoms with Crippen molar-refractivity contribution >= 4 is 58.5 Å². The summed E-state index contributed by atoms with van der Waals surface area (Å²) >= 11 is 19.0. The average Bonchev–Trinajstić information content (AvgIpc) is 2.53. The topological polar surface area (TPSA) is 42.0 Å². The molecule has 0 fully saturated rings. The number of benzene rings is 1. The number of hydrogen-bond donors (Lipinski definition) is 1. The van der Waals surface area contributed by atoms with Crippen molar-refractivity contribution in [1.29, 1.82) is 0 Å². The molecule has 0 radical (unpaired) electrons. The van der Waals surface area contributed by atoms with Gasteiger partial charge >= 0.3 is 0 Å². The number of aromatic nitrogens is 1. The number of thioether (sulfide) groups is 1. The van der Waals surface area contributed by atoms with Crippen molar-refractivity contribution in [2.24, 2.45) is 0 Å². The van der Waals surface area contributed by atoms with Crippen LogP contribution in [0.5, 0.6) is 0 Å². The summed E-state index contributed by atoms with van der Waals surface area (Å²) in [5.74, 6) is -0.353. The number of rotatable bonds is 5. The number of amides is 1. The van der Waals surface area contributed by atoms with Crippen LogP contribution in [0, 0.1) is 0 Å². The molecule has 0 bridgehead atoms. The summed E-state index contributed by atoms with van der Waals surface area (Å²) in [5.41, 5.74) is 0.908. The Bertz CT molecular complexity index is 660. The van der Waals surface area contributed by atoms with Gasteiger partial charge in [-0.05, 0) is 23.8 Å². The Morgan fingerprint density at radius 2 is 1.83 bits per heavy atom. The van der Waals surface area contributed by atoms with Crippen LogP contribution in [0.15, 0.2) is 65.8 Å². The first-order chi connectivity index (χ1) is 10.9. The number of hydrogen-bond acceptors (Lipinski definition) is 3. The lowest BCUT2D eigenvalue weighted by molar-refractivity contribution is -0.116. The Morgan fingerprint density at radius 1 is 1.13 bits per heavy atom. The van der Waals surface area contributed by atoms with Crippen molar-refractivity contribution in [3.63, 3.8) is 0 Å². The van der Waals surface area contributed by atoms with Crippen molar-refractivity contribution in [2.45, 2.75) is 14.2 Å². The summed E-state index contributed by atoms with van der Waals surface area (Å²) in [7, 11) is 0. The van der Waals surface area contributed by atoms with E-state index in [1.54, 1.807) is 24.4 Å². The Labute approximate surface area is 154 Å². The molecule has 0 aliphatic carbocycles. The quantitative estimate of drug-likeness (QED) is 0.350. The maximum Gasteiger partial charge on any atom is 0.245 e. The van der Waals surface area contributed by atoms with E-state index in [2.05, 4.69) is 10.3 Å². The van der Waals surface area contributed by atoms with Crippen LogP contribution < -0.4 is 5.32 Å². The van der Waals surface area contributed by atoms with Crippen LogP contribution in [0.3, 0.4) is 0 Å². The maximum atomic E-state index is 12.1. The predicted octanol–water partition coefficient (Wildman–Crippen LogP) is 4.70. The SMILES string of the molecule is O=C(/C=C\c1ccccc1)N[C@H](Sc1ccccn1)C(Cl)(Cl)Cl. The number of nitrogens with one attached hydrogen (secondary N) is 1. The second-order valence-corrected chi connectivity index (χ2v) is 7.95. The fourth-order valence-corrected chi connectivity index (χ4v) is 3.02. The van der Waals surface area contributed by atoms with Gasteiger partial charge in [0.1, 0.15) is 5.37 Å². The monoisotopic (exact) mass is 386 g/mol. The fraction of sp³-hybridized carbons (Fsp3) is 0.125. The molecule has 2 aromatic rings. The molecule has 7 heteroatoms. The van der Waals surface area contributed by atoms with Crippen molar-refractivity contribution in [1.82, 2.24) is 10.3 Å². The first-order valence-corrected chi connectivity index (χ1v) is 8.64. The van der Waals surface area contributed by atoms with Gasteiger partial charge in [-0.1, -0.05) is 83.0 Å². The molecule has 0 spiro atoms. The smallest absolute Gasteiger partial charge is 0.245 e. The van der Waals surface area contributed by atoms with E-state index >= 15 is 0 Å². The van der Waals surface area contributed by atoms with Crippen LogP contribution in [0.25, 0.3) is 6.08 Å². The van der Waals surface area contributed by atoms with Crippen molar-refractivity contribution in [3.05, 3.63) is 66.4 Å². The van der Waals surface area contributed by atoms with Crippen LogP contribution in [0.2, 0.25) is 0 Å². The Hall–Kier alpha value is -1.20. The highest BCUT2D eigenvalue weighted by Crippen LogP contribution is 2.38. The third kappa shape index (κ3) is 6.43. The summed E-state index contributed by atoms with van der Waals surface area (Å²) in [6.07, 6.45) is 4.73. The van der Waals surface area contributed by atoms with Gasteiger partial charge in [0.25, 0.3) is 0 Å². The summed E-state index contributed by atoms with van der Waals surface area (Å²) in [4.78, 5) is 16.2. The Morgan fingerprint density at radius 3 is 2.43 bits per heavy atom. The highest BCUT2D eigenvalue weighted by Gasteiger charge is 2.34. The van der Waals surface area contributed by atoms with Crippen LogP contribution >= 0.6 is 46.6 Å². The molecule has 1 aromatic heterocycles. The van der Waals surface area contributed by atoms with Gasteiger partial charge in [0, 0.05) is 12.3 Å². The molecule has 1 heterocycles. The summed E-state index contributed by atoms with van der Waals surface area (Å²) in [6.45, 7) is 0. The number of alkyl halides is 3. The van der Waals surface area contributed by atoms with Crippen molar-refractivity contribution in [3.8, 4) is 0 Å². The molecule has 0 saturated carbocycles. The standard InChI is InChI=1S/C16H13Cl3N2OS/c17-16(18,19)15(23-14-8-4-5-11-20-14)21-13(22)10-9-12-6-2-1-3-7-12/h1-11,15H,(H,21,22)/b10-9-/t15-/m1/s1. The average molecular weight is 388 g/mol. The van der Waals surface area contributed by atoms with Crippen LogP contribution in [-0.4, -0.2) is 20.1 Å². The third-order valence-corrected chi connectivity index (χ3v) is 4.91. The highest BCUT2D eigenvalue weighted by atomic mass is 35.6. The number of pyridine rings is 1. The van der Waals surface area contributed by atoms with Gasteiger partial charge in [-0.25, -0.2) is 4.98 Å². The normalized spacial score (nSPS) is 13.0. The molecular formula is C16H13Cl3N2OS. The predicted molar refractivity (Wildman–Crippen MR) is 97.8 cm³/mol. The van der Waals surface area contributed by atoms with Crippen molar-refractivity contribution < 1.29 is 4.79 Å². The minimum absolute atomic E-state index is 0.353. The molecule has 23 heavy (non-hydrogen) atoms. The third-order valence-electron chi connectivity index (χ3n) is 2.67. The molecule has 1 atom stereocenters. The van der Waals surface area contributed by atoms with E-state index in [0.717, 1.165) is 5.56 Å². The van der Waals surface area contributed by atoms with Gasteiger partial charge in [-0.15, -0.1) is 0 Å². The first kappa shape index (κ1) is 18.1. The van der Waals surface area contributed by atoms with E-state index < -0.39 is 9.17 Å². The lowest BCUT2D eigenvalue weighted by atomic mass is 10.2. The van der Waals surface area contributed by atoms with Gasteiger partial charge in [-0.2, -0.15) is 0 Å². The van der Waals surface area contributed by atoms with Gasteiger partial charge in [0.05, 0.1) is 5.03 Å². The first-order valence-electron chi connectivity index (χ1n) is 6.63. The van der Waals surface area contributed by atoms with Crippen molar-refractivity contribution in [2.75, 3.05) is 0 Å². The van der Waals surface area contributed by atoms with Crippen LogP contribution in [-0.2, 0) is 4.79 Å². The van der Waals surface area contributed by atoms with Crippen LogP contribution in [0.1, 0.15) is 5.56 Å². The van der Waals surface area contributed by atoms with Gasteiger partial charge in [0.2, 0.25) is 9.70 Å². The molecule has 0 aliphatic heterocycles. The molecule has 0 aliphatic rings. The summed E-state index contributed by atoms with van der Waals surface area (Å²) in [6, 6.07) is 14.8. The molecule has 120 valence electrons. The van der Waals surface area contributed by atoms with E-state index in [9.17, 15) is 4.79 Å². The molecule has 1 amide bonds. The zero-order valence-corrected chi connectivity index (χ0v) is 14.9. The zero-order valence-electron chi connectivity index (χ0n) is 11.8. The number of carbonyl (C=O) groups is 1. The summed E-state index contributed by atoms with van der Waals surface area (Å²) < 4.78 is -1.67. The second-order valence-electron chi connectivity index (χ2n) is 4.46. The zero-order chi connectivity index (χ0) is 16.7. The molecule has 3 nitrogen and oxygen atoms in total. The van der Waals surface area contributed by atoms with E-state index in [1.807, 2.05) is 36.4 Å². The molecule has 2 rings (SSSR count). The minimum atomic E-state index is -1.67. The lowest BCUT2D eigenvalue weighted by Crippen LogP contribution is -2.40. The minimum Gasteiger partial charge on any atom is -0.336 e. The van der Waals surface area contributed by atoms with E-state index in [1.165, 1.54) is 17.8 Å². The molecule has 1 N–H and O–H groups in total. The Balaban J connectivity index is 2.03. The number of carbonyl (C=O) groups excluding carboxylic acids is 1. The molecule has 0 unspecified atom stereocenters. The van der Waals surface area contributed by atoms with E-state index in [0.29, 0.717) is 5.03 Å².